The molecule has 0 saturated heterocycles. The average Bonchev–Trinajstić information content (AvgIpc) is 2.68. The maximum absolute atomic E-state index is 12.3. The van der Waals surface area contributed by atoms with E-state index in [2.05, 4.69) is 5.32 Å². The molecule has 6 nitrogen and oxygen atoms in total. The Morgan fingerprint density at radius 2 is 1.73 bits per heavy atom. The van der Waals surface area contributed by atoms with Gasteiger partial charge in [-0.3, -0.25) is 4.79 Å². The van der Waals surface area contributed by atoms with Crippen LogP contribution in [0.3, 0.4) is 0 Å². The third-order valence-corrected chi connectivity index (χ3v) is 4.26. The molecule has 30 heavy (non-hydrogen) atoms. The van der Waals surface area contributed by atoms with E-state index in [-0.39, 0.29) is 12.0 Å². The summed E-state index contributed by atoms with van der Waals surface area (Å²) in [5.41, 5.74) is 3.49. The van der Waals surface area contributed by atoms with E-state index >= 15 is 0 Å². The van der Waals surface area contributed by atoms with Crippen LogP contribution in [0.15, 0.2) is 42.5 Å². The second kappa shape index (κ2) is 10.5. The molecule has 2 aromatic rings. The lowest BCUT2D eigenvalue weighted by atomic mass is 10.1. The molecule has 1 N–H and O–H groups in total. The van der Waals surface area contributed by atoms with Crippen LogP contribution in [-0.4, -0.2) is 31.2 Å². The molecule has 0 saturated carbocycles. The number of rotatable bonds is 8. The van der Waals surface area contributed by atoms with Crippen molar-refractivity contribution in [2.45, 2.75) is 46.8 Å². The molecular formula is C24H29NO5. The SMILES string of the molecule is COc1cc(/C=C/C(=O)O[C@@H](C)C(=O)Nc2ccc(C)cc2C)ccc1OC(C)C. The van der Waals surface area contributed by atoms with Gasteiger partial charge in [-0.1, -0.05) is 23.8 Å². The lowest BCUT2D eigenvalue weighted by Crippen LogP contribution is -2.29. The Hall–Kier alpha value is -3.28. The number of amides is 1. The molecule has 0 aliphatic heterocycles. The molecule has 0 fully saturated rings. The number of aryl methyl sites for hydroxylation is 2. The Morgan fingerprint density at radius 3 is 2.37 bits per heavy atom. The standard InChI is InChI=1S/C24H29NO5/c1-15(2)29-21-11-8-19(14-22(21)28-6)9-12-23(26)30-18(5)24(27)25-20-10-7-16(3)13-17(20)4/h7-15,18H,1-6H3,(H,25,27)/b12-9+/t18-/m0/s1. The summed E-state index contributed by atoms with van der Waals surface area (Å²) in [6.07, 6.45) is 1.96. The summed E-state index contributed by atoms with van der Waals surface area (Å²) in [5.74, 6) is 0.199. The molecule has 0 aliphatic carbocycles. The van der Waals surface area contributed by atoms with E-state index in [1.165, 1.54) is 13.0 Å². The minimum atomic E-state index is -0.931. The Labute approximate surface area is 177 Å². The van der Waals surface area contributed by atoms with Gasteiger partial charge in [-0.25, -0.2) is 4.79 Å². The number of carbonyl (C=O) groups is 2. The highest BCUT2D eigenvalue weighted by atomic mass is 16.5. The van der Waals surface area contributed by atoms with Crippen LogP contribution in [0.5, 0.6) is 11.5 Å². The van der Waals surface area contributed by atoms with Crippen molar-refractivity contribution in [3.05, 3.63) is 59.2 Å². The molecule has 0 unspecified atom stereocenters. The molecule has 1 amide bonds. The first-order valence-corrected chi connectivity index (χ1v) is 9.81. The average molecular weight is 411 g/mol. The largest absolute Gasteiger partial charge is 0.493 e. The molecule has 2 aromatic carbocycles. The minimum Gasteiger partial charge on any atom is -0.493 e. The zero-order valence-corrected chi connectivity index (χ0v) is 18.3. The molecule has 0 heterocycles. The number of ether oxygens (including phenoxy) is 3. The van der Waals surface area contributed by atoms with Crippen molar-refractivity contribution in [1.82, 2.24) is 0 Å². The Bertz CT molecular complexity index is 933. The summed E-state index contributed by atoms with van der Waals surface area (Å²) >= 11 is 0. The monoisotopic (exact) mass is 411 g/mol. The quantitative estimate of drug-likeness (QED) is 0.504. The summed E-state index contributed by atoms with van der Waals surface area (Å²) in [7, 11) is 1.56. The smallest absolute Gasteiger partial charge is 0.331 e. The van der Waals surface area contributed by atoms with Gasteiger partial charge < -0.3 is 19.5 Å². The molecule has 2 rings (SSSR count). The van der Waals surface area contributed by atoms with Crippen LogP contribution in [-0.2, 0) is 14.3 Å². The van der Waals surface area contributed by atoms with Crippen molar-refractivity contribution in [3.8, 4) is 11.5 Å². The van der Waals surface area contributed by atoms with Crippen LogP contribution >= 0.6 is 0 Å². The number of anilines is 1. The predicted octanol–water partition coefficient (Wildman–Crippen LogP) is 4.68. The van der Waals surface area contributed by atoms with E-state index < -0.39 is 12.1 Å². The second-order valence-corrected chi connectivity index (χ2v) is 7.30. The molecule has 1 atom stereocenters. The fourth-order valence-electron chi connectivity index (χ4n) is 2.76. The predicted molar refractivity (Wildman–Crippen MR) is 118 cm³/mol. The number of nitrogens with one attached hydrogen (secondary N) is 1. The molecular weight excluding hydrogens is 382 g/mol. The topological polar surface area (TPSA) is 73.9 Å². The molecule has 160 valence electrons. The number of carbonyl (C=O) groups excluding carboxylic acids is 2. The van der Waals surface area contributed by atoms with Gasteiger partial charge in [0.2, 0.25) is 0 Å². The van der Waals surface area contributed by atoms with Gasteiger partial charge >= 0.3 is 5.97 Å². The molecule has 6 heteroatoms. The van der Waals surface area contributed by atoms with Crippen molar-refractivity contribution in [2.75, 3.05) is 12.4 Å². The molecule has 0 aromatic heterocycles. The third kappa shape index (κ3) is 6.65. The number of hydrogen-bond acceptors (Lipinski definition) is 5. The van der Waals surface area contributed by atoms with Crippen molar-refractivity contribution in [2.24, 2.45) is 0 Å². The second-order valence-electron chi connectivity index (χ2n) is 7.30. The zero-order valence-electron chi connectivity index (χ0n) is 18.3. The van der Waals surface area contributed by atoms with E-state index in [9.17, 15) is 9.59 Å². The molecule has 0 radical (unpaired) electrons. The van der Waals surface area contributed by atoms with Gasteiger partial charge in [0.25, 0.3) is 5.91 Å². The summed E-state index contributed by atoms with van der Waals surface area (Å²) < 4.78 is 16.2. The van der Waals surface area contributed by atoms with Crippen LogP contribution in [0.25, 0.3) is 6.08 Å². The zero-order chi connectivity index (χ0) is 22.3. The van der Waals surface area contributed by atoms with Crippen LogP contribution in [0.4, 0.5) is 5.69 Å². The molecule has 0 aliphatic rings. The summed E-state index contributed by atoms with van der Waals surface area (Å²) in [6.45, 7) is 9.29. The van der Waals surface area contributed by atoms with E-state index in [0.29, 0.717) is 17.2 Å². The number of hydrogen-bond donors (Lipinski definition) is 1. The highest BCUT2D eigenvalue weighted by Gasteiger charge is 2.17. The van der Waals surface area contributed by atoms with Crippen LogP contribution in [0.2, 0.25) is 0 Å². The third-order valence-electron chi connectivity index (χ3n) is 4.26. The summed E-state index contributed by atoms with van der Waals surface area (Å²) in [5, 5.41) is 2.78. The highest BCUT2D eigenvalue weighted by molar-refractivity contribution is 5.97. The van der Waals surface area contributed by atoms with Gasteiger partial charge in [-0.05, 0) is 70.0 Å². The lowest BCUT2D eigenvalue weighted by Gasteiger charge is -2.14. The fraction of sp³-hybridized carbons (Fsp3) is 0.333. The van der Waals surface area contributed by atoms with Gasteiger partial charge in [0.05, 0.1) is 13.2 Å². The van der Waals surface area contributed by atoms with Crippen LogP contribution < -0.4 is 14.8 Å². The van der Waals surface area contributed by atoms with Crippen molar-refractivity contribution in [1.29, 1.82) is 0 Å². The Morgan fingerprint density at radius 1 is 1.00 bits per heavy atom. The number of benzene rings is 2. The van der Waals surface area contributed by atoms with E-state index in [4.69, 9.17) is 14.2 Å². The van der Waals surface area contributed by atoms with E-state index in [1.54, 1.807) is 31.4 Å². The fourth-order valence-corrected chi connectivity index (χ4v) is 2.76. The van der Waals surface area contributed by atoms with Crippen LogP contribution in [0.1, 0.15) is 37.5 Å². The van der Waals surface area contributed by atoms with Crippen LogP contribution in [0, 0.1) is 13.8 Å². The summed E-state index contributed by atoms with van der Waals surface area (Å²) in [6, 6.07) is 11.1. The van der Waals surface area contributed by atoms with E-state index in [1.807, 2.05) is 45.9 Å². The lowest BCUT2D eigenvalue weighted by molar-refractivity contribution is -0.148. The minimum absolute atomic E-state index is 0.0200. The highest BCUT2D eigenvalue weighted by Crippen LogP contribution is 2.29. The first kappa shape index (κ1) is 23.0. The Kier molecular flexibility index (Phi) is 8.04. The van der Waals surface area contributed by atoms with Gasteiger partial charge in [0, 0.05) is 11.8 Å². The summed E-state index contributed by atoms with van der Waals surface area (Å²) in [4.78, 5) is 24.4. The van der Waals surface area contributed by atoms with Gasteiger partial charge in [0.1, 0.15) is 0 Å². The van der Waals surface area contributed by atoms with Crippen molar-refractivity contribution in [3.63, 3.8) is 0 Å². The molecule has 0 bridgehead atoms. The van der Waals surface area contributed by atoms with Gasteiger partial charge in [-0.15, -0.1) is 0 Å². The number of methoxy groups -OCH3 is 1. The number of esters is 1. The first-order valence-electron chi connectivity index (χ1n) is 9.81. The van der Waals surface area contributed by atoms with Gasteiger partial charge in [-0.2, -0.15) is 0 Å². The van der Waals surface area contributed by atoms with Crippen molar-refractivity contribution >= 4 is 23.6 Å². The van der Waals surface area contributed by atoms with Gasteiger partial charge in [0.15, 0.2) is 17.6 Å². The maximum Gasteiger partial charge on any atom is 0.331 e. The molecule has 0 spiro atoms. The Balaban J connectivity index is 1.97. The van der Waals surface area contributed by atoms with E-state index in [0.717, 1.165) is 16.7 Å². The maximum atomic E-state index is 12.3. The van der Waals surface area contributed by atoms with Crippen molar-refractivity contribution < 1.29 is 23.8 Å². The first-order chi connectivity index (χ1) is 14.2. The normalized spacial score (nSPS) is 12.0.